The lowest BCUT2D eigenvalue weighted by molar-refractivity contribution is 0.136. The summed E-state index contributed by atoms with van der Waals surface area (Å²) in [6, 6.07) is 0. The molecule has 0 aromatic rings. The van der Waals surface area contributed by atoms with Crippen LogP contribution in [-0.4, -0.2) is 71.4 Å². The molecule has 0 amide bonds. The Hall–Kier alpha value is -0.200. The van der Waals surface area contributed by atoms with E-state index < -0.39 is 0 Å². The molecule has 0 rings (SSSR count). The third kappa shape index (κ3) is 14.3. The highest BCUT2D eigenvalue weighted by molar-refractivity contribution is 4.54. The first-order valence-electron chi connectivity index (χ1n) is 4.92. The Morgan fingerprint density at radius 2 is 1.00 bits per heavy atom. The van der Waals surface area contributed by atoms with Gasteiger partial charge in [-0.15, -0.1) is 0 Å². The Kier molecular flexibility index (Phi) is 17.7. The average molecular weight is 209 g/mol. The van der Waals surface area contributed by atoms with E-state index in [9.17, 15) is 0 Å². The zero-order valence-corrected chi connectivity index (χ0v) is 8.89. The molecule has 5 heteroatoms. The highest BCUT2D eigenvalue weighted by Gasteiger charge is 2.00. The van der Waals surface area contributed by atoms with Gasteiger partial charge in [0.15, 0.2) is 0 Å². The lowest BCUT2D eigenvalue weighted by Gasteiger charge is -2.17. The molecule has 0 radical (unpaired) electrons. The minimum Gasteiger partial charge on any atom is -0.396 e. The summed E-state index contributed by atoms with van der Waals surface area (Å²) in [6.07, 6.45) is 0.875. The van der Waals surface area contributed by atoms with Crippen LogP contribution in [-0.2, 0) is 0 Å². The second kappa shape index (κ2) is 15.3. The predicted molar refractivity (Wildman–Crippen MR) is 55.1 cm³/mol. The van der Waals surface area contributed by atoms with Crippen molar-refractivity contribution < 1.29 is 20.4 Å². The second-order valence-electron chi connectivity index (χ2n) is 2.74. The van der Waals surface area contributed by atoms with E-state index in [4.69, 9.17) is 20.4 Å². The molecular formula is C9H23NO4. The molecule has 0 unspecified atom stereocenters. The van der Waals surface area contributed by atoms with Crippen molar-refractivity contribution in [3.05, 3.63) is 0 Å². The first-order valence-corrected chi connectivity index (χ1v) is 4.92. The normalized spacial score (nSPS) is 9.86. The van der Waals surface area contributed by atoms with Crippen molar-refractivity contribution >= 4 is 0 Å². The van der Waals surface area contributed by atoms with Gasteiger partial charge < -0.3 is 20.4 Å². The van der Waals surface area contributed by atoms with Crippen LogP contribution in [0.4, 0.5) is 0 Å². The lowest BCUT2D eigenvalue weighted by atomic mass is 10.4. The van der Waals surface area contributed by atoms with Gasteiger partial charge in [0.1, 0.15) is 0 Å². The number of hydrogen-bond acceptors (Lipinski definition) is 5. The van der Waals surface area contributed by atoms with Gasteiger partial charge >= 0.3 is 0 Å². The van der Waals surface area contributed by atoms with Crippen LogP contribution in [0.25, 0.3) is 0 Å². The summed E-state index contributed by atoms with van der Waals surface area (Å²) in [5.41, 5.74) is 0. The monoisotopic (exact) mass is 209 g/mol. The summed E-state index contributed by atoms with van der Waals surface area (Å²) in [6.45, 7) is 4.00. The number of hydrogen-bond donors (Lipinski definition) is 4. The number of rotatable bonds is 7. The molecule has 0 aliphatic heterocycles. The van der Waals surface area contributed by atoms with Crippen molar-refractivity contribution in [1.29, 1.82) is 0 Å². The van der Waals surface area contributed by atoms with Gasteiger partial charge in [-0.05, 0) is 6.42 Å². The number of aliphatic hydroxyl groups is 4. The highest BCUT2D eigenvalue weighted by Crippen LogP contribution is 1.84. The minimum atomic E-state index is 0.0694. The standard InChI is InChI=1S/C6H15NO3.C3H8O/c8-4-1-7(2-5-9)3-6-10;1-2-3-4/h8-10H,1-6H2;4H,2-3H2,1H3. The van der Waals surface area contributed by atoms with Crippen LogP contribution >= 0.6 is 0 Å². The van der Waals surface area contributed by atoms with Gasteiger partial charge in [-0.3, -0.25) is 4.90 Å². The Balaban J connectivity index is 0. The summed E-state index contributed by atoms with van der Waals surface area (Å²) in [5, 5.41) is 33.3. The van der Waals surface area contributed by atoms with E-state index in [0.717, 1.165) is 6.42 Å². The molecule has 0 heterocycles. The zero-order valence-electron chi connectivity index (χ0n) is 8.89. The second-order valence-corrected chi connectivity index (χ2v) is 2.74. The molecule has 14 heavy (non-hydrogen) atoms. The smallest absolute Gasteiger partial charge is 0.0558 e. The van der Waals surface area contributed by atoms with Gasteiger partial charge in [0, 0.05) is 26.2 Å². The Bertz CT molecular complexity index is 76.6. The van der Waals surface area contributed by atoms with Gasteiger partial charge in [-0.1, -0.05) is 6.92 Å². The van der Waals surface area contributed by atoms with Gasteiger partial charge in [-0.2, -0.15) is 0 Å². The van der Waals surface area contributed by atoms with Crippen molar-refractivity contribution in [1.82, 2.24) is 4.90 Å². The first kappa shape index (κ1) is 16.2. The van der Waals surface area contributed by atoms with Crippen LogP contribution in [0.5, 0.6) is 0 Å². The molecule has 88 valence electrons. The largest absolute Gasteiger partial charge is 0.396 e. The topological polar surface area (TPSA) is 84.2 Å². The van der Waals surface area contributed by atoms with E-state index in [1.165, 1.54) is 0 Å². The molecule has 0 spiro atoms. The molecule has 0 aromatic heterocycles. The van der Waals surface area contributed by atoms with E-state index in [0.29, 0.717) is 26.2 Å². The maximum Gasteiger partial charge on any atom is 0.0558 e. The molecule has 0 bridgehead atoms. The Labute approximate surface area is 85.6 Å². The van der Waals surface area contributed by atoms with Crippen LogP contribution in [0.15, 0.2) is 0 Å². The van der Waals surface area contributed by atoms with Crippen molar-refractivity contribution in [2.75, 3.05) is 46.1 Å². The van der Waals surface area contributed by atoms with Gasteiger partial charge in [0.05, 0.1) is 19.8 Å². The van der Waals surface area contributed by atoms with Crippen LogP contribution in [0, 0.1) is 0 Å². The van der Waals surface area contributed by atoms with E-state index in [1.54, 1.807) is 4.90 Å². The maximum atomic E-state index is 8.48. The van der Waals surface area contributed by atoms with Crippen molar-refractivity contribution in [2.45, 2.75) is 13.3 Å². The first-order chi connectivity index (χ1) is 6.76. The van der Waals surface area contributed by atoms with E-state index in [1.807, 2.05) is 6.92 Å². The molecule has 4 N–H and O–H groups in total. The van der Waals surface area contributed by atoms with E-state index >= 15 is 0 Å². The van der Waals surface area contributed by atoms with E-state index in [-0.39, 0.29) is 19.8 Å². The predicted octanol–water partition coefficient (Wildman–Crippen LogP) is -1.35. The van der Waals surface area contributed by atoms with Crippen LogP contribution in [0.2, 0.25) is 0 Å². The number of aliphatic hydroxyl groups excluding tert-OH is 4. The summed E-state index contributed by atoms with van der Waals surface area (Å²) < 4.78 is 0. The molecule has 5 nitrogen and oxygen atoms in total. The van der Waals surface area contributed by atoms with E-state index in [2.05, 4.69) is 0 Å². The third-order valence-electron chi connectivity index (χ3n) is 1.47. The fourth-order valence-electron chi connectivity index (χ4n) is 0.760. The fourth-order valence-corrected chi connectivity index (χ4v) is 0.760. The van der Waals surface area contributed by atoms with Crippen LogP contribution in [0.3, 0.4) is 0 Å². The lowest BCUT2D eigenvalue weighted by Crippen LogP contribution is -2.32. The van der Waals surface area contributed by atoms with Crippen LogP contribution in [0.1, 0.15) is 13.3 Å². The van der Waals surface area contributed by atoms with Gasteiger partial charge in [0.2, 0.25) is 0 Å². The zero-order chi connectivity index (χ0) is 11.2. The molecule has 0 saturated carbocycles. The summed E-state index contributed by atoms with van der Waals surface area (Å²) in [4.78, 5) is 1.79. The molecule has 0 fully saturated rings. The third-order valence-corrected chi connectivity index (χ3v) is 1.47. The Morgan fingerprint density at radius 3 is 1.14 bits per heavy atom. The van der Waals surface area contributed by atoms with Crippen molar-refractivity contribution in [2.24, 2.45) is 0 Å². The summed E-state index contributed by atoms with van der Waals surface area (Å²) >= 11 is 0. The number of nitrogens with zero attached hydrogens (tertiary/aromatic N) is 1. The molecule has 0 aliphatic rings. The van der Waals surface area contributed by atoms with Crippen molar-refractivity contribution in [3.8, 4) is 0 Å². The summed E-state index contributed by atoms with van der Waals surface area (Å²) in [7, 11) is 0. The maximum absolute atomic E-state index is 8.48. The van der Waals surface area contributed by atoms with Gasteiger partial charge in [-0.25, -0.2) is 0 Å². The molecule has 0 aliphatic carbocycles. The highest BCUT2D eigenvalue weighted by atomic mass is 16.3. The molecule has 0 aromatic carbocycles. The molecule has 0 saturated heterocycles. The Morgan fingerprint density at radius 1 is 0.714 bits per heavy atom. The SMILES string of the molecule is CCCO.OCCN(CCO)CCO. The van der Waals surface area contributed by atoms with Crippen molar-refractivity contribution in [3.63, 3.8) is 0 Å². The van der Waals surface area contributed by atoms with Crippen LogP contribution < -0.4 is 0 Å². The quantitative estimate of drug-likeness (QED) is 0.417. The summed E-state index contributed by atoms with van der Waals surface area (Å²) in [5.74, 6) is 0. The fraction of sp³-hybridized carbons (Fsp3) is 1.00. The average Bonchev–Trinajstić information content (AvgIpc) is 2.20. The minimum absolute atomic E-state index is 0.0694. The molecular weight excluding hydrogens is 186 g/mol. The molecule has 0 atom stereocenters. The van der Waals surface area contributed by atoms with Gasteiger partial charge in [0.25, 0.3) is 0 Å².